The Bertz CT molecular complexity index is 250. The second-order valence-corrected chi connectivity index (χ2v) is 3.48. The molecule has 0 saturated heterocycles. The highest BCUT2D eigenvalue weighted by atomic mass is 16.4. The second-order valence-electron chi connectivity index (χ2n) is 3.48. The Kier molecular flexibility index (Phi) is 6.17. The highest BCUT2D eigenvalue weighted by molar-refractivity contribution is 5.67. The summed E-state index contributed by atoms with van der Waals surface area (Å²) in [5.41, 5.74) is 0.635. The largest absolute Gasteiger partial charge is 0.481 e. The first-order chi connectivity index (χ1) is 6.91. The summed E-state index contributed by atoms with van der Waals surface area (Å²) in [4.78, 5) is 20.5. The van der Waals surface area contributed by atoms with E-state index < -0.39 is 11.9 Å². The topological polar surface area (TPSA) is 86.6 Å². The molecular weight excluding hydrogens is 198 g/mol. The van der Waals surface area contributed by atoms with Crippen LogP contribution in [0, 0.1) is 0 Å². The van der Waals surface area contributed by atoms with Crippen LogP contribution in [0.5, 0.6) is 0 Å². The van der Waals surface area contributed by atoms with Crippen molar-refractivity contribution in [2.45, 2.75) is 38.6 Å². The van der Waals surface area contributed by atoms with Crippen LogP contribution in [-0.2, 0) is 9.59 Å². The van der Waals surface area contributed by atoms with E-state index in [1.54, 1.807) is 0 Å². The lowest BCUT2D eigenvalue weighted by Gasteiger charge is -2.15. The molecule has 0 unspecified atom stereocenters. The predicted molar refractivity (Wildman–Crippen MR) is 55.5 cm³/mol. The Morgan fingerprint density at radius 2 is 1.73 bits per heavy atom. The van der Waals surface area contributed by atoms with Crippen molar-refractivity contribution >= 4 is 11.9 Å². The van der Waals surface area contributed by atoms with Crippen molar-refractivity contribution in [3.8, 4) is 0 Å². The fourth-order valence-corrected chi connectivity index (χ4v) is 1.09. The zero-order valence-electron chi connectivity index (χ0n) is 8.82. The van der Waals surface area contributed by atoms with Gasteiger partial charge in [-0.25, -0.2) is 0 Å². The molecule has 0 aromatic rings. The minimum Gasteiger partial charge on any atom is -0.481 e. The molecule has 0 aliphatic rings. The number of allylic oxidation sites excluding steroid dienone is 1. The molecule has 3 N–H and O–H groups in total. The molecule has 1 atom stereocenters. The van der Waals surface area contributed by atoms with Gasteiger partial charge in [-0.2, -0.15) is 0 Å². The second kappa shape index (κ2) is 6.86. The minimum absolute atomic E-state index is 0.00222. The van der Waals surface area contributed by atoms with E-state index in [9.17, 15) is 9.59 Å². The molecule has 0 amide bonds. The van der Waals surface area contributed by atoms with Gasteiger partial charge < -0.3 is 15.5 Å². The Hall–Kier alpha value is -1.52. The van der Waals surface area contributed by atoms with Crippen molar-refractivity contribution in [1.82, 2.24) is 5.32 Å². The highest BCUT2D eigenvalue weighted by Crippen LogP contribution is 2.03. The Morgan fingerprint density at radius 1 is 1.20 bits per heavy atom. The van der Waals surface area contributed by atoms with Crippen molar-refractivity contribution in [3.63, 3.8) is 0 Å². The van der Waals surface area contributed by atoms with Gasteiger partial charge in [0.15, 0.2) is 0 Å². The van der Waals surface area contributed by atoms with Gasteiger partial charge in [0, 0.05) is 18.2 Å². The van der Waals surface area contributed by atoms with E-state index >= 15 is 0 Å². The van der Waals surface area contributed by atoms with Gasteiger partial charge in [-0.3, -0.25) is 9.59 Å². The molecule has 0 aromatic heterocycles. The minimum atomic E-state index is -0.865. The monoisotopic (exact) mass is 215 g/mol. The fourth-order valence-electron chi connectivity index (χ4n) is 1.09. The molecule has 5 nitrogen and oxygen atoms in total. The number of carboxylic acids is 2. The number of hydrogen-bond donors (Lipinski definition) is 3. The summed E-state index contributed by atoms with van der Waals surface area (Å²) in [5.74, 6) is -1.70. The first kappa shape index (κ1) is 13.5. The SMILES string of the molecule is C=C(CCC(=O)O)N[C@H](C)CCC(=O)O. The van der Waals surface area contributed by atoms with E-state index in [4.69, 9.17) is 10.2 Å². The number of aliphatic carboxylic acids is 2. The number of nitrogens with one attached hydrogen (secondary N) is 1. The van der Waals surface area contributed by atoms with Gasteiger partial charge in [-0.15, -0.1) is 0 Å². The molecule has 0 aliphatic heterocycles. The van der Waals surface area contributed by atoms with Crippen LogP contribution in [0.2, 0.25) is 0 Å². The van der Waals surface area contributed by atoms with Crippen molar-refractivity contribution in [3.05, 3.63) is 12.3 Å². The van der Waals surface area contributed by atoms with Gasteiger partial charge in [0.1, 0.15) is 0 Å². The van der Waals surface area contributed by atoms with E-state index in [2.05, 4.69) is 11.9 Å². The molecular formula is C10H17NO4. The maximum Gasteiger partial charge on any atom is 0.303 e. The first-order valence-corrected chi connectivity index (χ1v) is 4.79. The van der Waals surface area contributed by atoms with E-state index in [0.29, 0.717) is 18.5 Å². The third-order valence-electron chi connectivity index (χ3n) is 1.88. The summed E-state index contributed by atoms with van der Waals surface area (Å²) < 4.78 is 0. The van der Waals surface area contributed by atoms with Crippen molar-refractivity contribution in [2.75, 3.05) is 0 Å². The molecule has 0 fully saturated rings. The maximum absolute atomic E-state index is 10.3. The standard InChI is InChI=1S/C10H17NO4/c1-7(3-5-9(12)13)11-8(2)4-6-10(14)15/h8,11H,1,3-6H2,2H3,(H,12,13)(H,14,15)/t8-/m1/s1. The Morgan fingerprint density at radius 3 is 2.20 bits per heavy atom. The van der Waals surface area contributed by atoms with Gasteiger partial charge in [0.05, 0.1) is 6.42 Å². The van der Waals surface area contributed by atoms with E-state index in [1.165, 1.54) is 0 Å². The molecule has 0 spiro atoms. The molecule has 0 aliphatic carbocycles. The van der Waals surface area contributed by atoms with Gasteiger partial charge in [0.2, 0.25) is 0 Å². The van der Waals surface area contributed by atoms with Crippen molar-refractivity contribution in [2.24, 2.45) is 0 Å². The van der Waals surface area contributed by atoms with Crippen LogP contribution < -0.4 is 5.32 Å². The van der Waals surface area contributed by atoms with E-state index in [-0.39, 0.29) is 18.9 Å². The maximum atomic E-state index is 10.3. The third-order valence-corrected chi connectivity index (χ3v) is 1.88. The quantitative estimate of drug-likeness (QED) is 0.566. The zero-order chi connectivity index (χ0) is 11.8. The molecule has 0 aromatic carbocycles. The van der Waals surface area contributed by atoms with Gasteiger partial charge in [-0.05, 0) is 19.8 Å². The number of carboxylic acid groups (broad SMARTS) is 2. The summed E-state index contributed by atoms with van der Waals surface area (Å²) in [6.07, 6.45) is 1.01. The van der Waals surface area contributed by atoms with Crippen LogP contribution in [0.15, 0.2) is 12.3 Å². The summed E-state index contributed by atoms with van der Waals surface area (Å²) in [6, 6.07) is 0.00222. The van der Waals surface area contributed by atoms with Gasteiger partial charge in [0.25, 0.3) is 0 Å². The Balaban J connectivity index is 3.66. The predicted octanol–water partition coefficient (Wildman–Crippen LogP) is 1.21. The molecule has 0 rings (SSSR count). The summed E-state index contributed by atoms with van der Waals surface area (Å²) in [7, 11) is 0. The van der Waals surface area contributed by atoms with Gasteiger partial charge >= 0.3 is 11.9 Å². The molecule has 0 saturated carbocycles. The lowest BCUT2D eigenvalue weighted by Crippen LogP contribution is -2.25. The van der Waals surface area contributed by atoms with E-state index in [1.807, 2.05) is 6.92 Å². The molecule has 5 heteroatoms. The van der Waals surface area contributed by atoms with Crippen molar-refractivity contribution < 1.29 is 19.8 Å². The van der Waals surface area contributed by atoms with Gasteiger partial charge in [-0.1, -0.05) is 6.58 Å². The average Bonchev–Trinajstić information content (AvgIpc) is 2.11. The number of rotatable bonds is 8. The van der Waals surface area contributed by atoms with Crippen LogP contribution in [0.3, 0.4) is 0 Å². The van der Waals surface area contributed by atoms with Crippen LogP contribution in [0.1, 0.15) is 32.6 Å². The highest BCUT2D eigenvalue weighted by Gasteiger charge is 2.06. The van der Waals surface area contributed by atoms with Crippen LogP contribution in [0.25, 0.3) is 0 Å². The number of hydrogen-bond acceptors (Lipinski definition) is 3. The molecule has 0 bridgehead atoms. The molecule has 15 heavy (non-hydrogen) atoms. The smallest absolute Gasteiger partial charge is 0.303 e. The zero-order valence-corrected chi connectivity index (χ0v) is 8.82. The van der Waals surface area contributed by atoms with Crippen molar-refractivity contribution in [1.29, 1.82) is 0 Å². The average molecular weight is 215 g/mol. The van der Waals surface area contributed by atoms with Crippen LogP contribution in [0.4, 0.5) is 0 Å². The summed E-state index contributed by atoms with van der Waals surface area (Å²) in [6.45, 7) is 5.51. The first-order valence-electron chi connectivity index (χ1n) is 4.79. The van der Waals surface area contributed by atoms with Crippen LogP contribution >= 0.6 is 0 Å². The fraction of sp³-hybridized carbons (Fsp3) is 0.600. The summed E-state index contributed by atoms with van der Waals surface area (Å²) in [5, 5.41) is 19.8. The number of carbonyl (C=O) groups is 2. The molecule has 0 radical (unpaired) electrons. The van der Waals surface area contributed by atoms with Crippen LogP contribution in [-0.4, -0.2) is 28.2 Å². The third kappa shape index (κ3) is 8.80. The lowest BCUT2D eigenvalue weighted by molar-refractivity contribution is -0.138. The lowest BCUT2D eigenvalue weighted by atomic mass is 10.1. The Labute approximate surface area is 88.8 Å². The normalized spacial score (nSPS) is 11.8. The van der Waals surface area contributed by atoms with E-state index in [0.717, 1.165) is 0 Å². The summed E-state index contributed by atoms with van der Waals surface area (Å²) >= 11 is 0. The molecule has 86 valence electrons. The molecule has 0 heterocycles.